The zero-order valence-electron chi connectivity index (χ0n) is 14.3. The summed E-state index contributed by atoms with van der Waals surface area (Å²) >= 11 is 0. The second-order valence-electron chi connectivity index (χ2n) is 6.94. The highest BCUT2D eigenvalue weighted by Crippen LogP contribution is 2.36. The van der Waals surface area contributed by atoms with Crippen LogP contribution in [0.2, 0.25) is 0 Å². The van der Waals surface area contributed by atoms with E-state index in [9.17, 15) is 22.8 Å². The number of carboxylic acid groups (broad SMARTS) is 1. The van der Waals surface area contributed by atoms with Gasteiger partial charge in [-0.1, -0.05) is 0 Å². The first-order valence-corrected chi connectivity index (χ1v) is 8.62. The largest absolute Gasteiger partial charge is 0.481 e. The van der Waals surface area contributed by atoms with Crippen LogP contribution in [0.1, 0.15) is 42.0 Å². The third kappa shape index (κ3) is 3.66. The first kappa shape index (κ1) is 18.6. The number of carboxylic acids is 1. The third-order valence-electron chi connectivity index (χ3n) is 5.08. The maximum Gasteiger partial charge on any atom is 0.433 e. The third-order valence-corrected chi connectivity index (χ3v) is 5.08. The maximum absolute atomic E-state index is 13.3. The highest BCUT2D eigenvalue weighted by atomic mass is 19.4. The Labute approximate surface area is 148 Å². The van der Waals surface area contributed by atoms with Gasteiger partial charge in [-0.05, 0) is 39.0 Å². The highest BCUT2D eigenvalue weighted by molar-refractivity contribution is 5.81. The van der Waals surface area contributed by atoms with Crippen molar-refractivity contribution in [2.75, 3.05) is 13.1 Å². The van der Waals surface area contributed by atoms with Crippen molar-refractivity contribution in [2.45, 2.75) is 45.2 Å². The number of aryl methyl sites for hydroxylation is 2. The number of carbonyl (C=O) groups excluding carboxylic acids is 1. The van der Waals surface area contributed by atoms with E-state index < -0.39 is 29.7 Å². The summed E-state index contributed by atoms with van der Waals surface area (Å²) in [7, 11) is 0. The number of hydrogen-bond acceptors (Lipinski definition) is 4. The average molecular weight is 371 g/mol. The van der Waals surface area contributed by atoms with Crippen LogP contribution < -0.4 is 0 Å². The molecule has 0 aromatic carbocycles. The second kappa shape index (κ2) is 6.85. The summed E-state index contributed by atoms with van der Waals surface area (Å²) in [6.45, 7) is 1.99. The Hall–Kier alpha value is -2.19. The molecule has 26 heavy (non-hydrogen) atoms. The Balaban J connectivity index is 1.82. The molecule has 1 aliphatic carbocycles. The van der Waals surface area contributed by atoms with Gasteiger partial charge in [0.25, 0.3) is 0 Å². The van der Waals surface area contributed by atoms with Gasteiger partial charge in [-0.2, -0.15) is 13.2 Å². The molecule has 0 bridgehead atoms. The monoisotopic (exact) mass is 371 g/mol. The molecule has 142 valence electrons. The van der Waals surface area contributed by atoms with Crippen LogP contribution in [-0.2, 0) is 28.6 Å². The Bertz CT molecular complexity index is 736. The van der Waals surface area contributed by atoms with E-state index in [1.54, 1.807) is 0 Å². The van der Waals surface area contributed by atoms with Crippen LogP contribution in [0.4, 0.5) is 13.2 Å². The summed E-state index contributed by atoms with van der Waals surface area (Å²) < 4.78 is 40.0. The van der Waals surface area contributed by atoms with Crippen molar-refractivity contribution in [3.8, 4) is 0 Å². The predicted octanol–water partition coefficient (Wildman–Crippen LogP) is 2.23. The summed E-state index contributed by atoms with van der Waals surface area (Å²) in [5, 5.41) is 9.15. The number of fused-ring (bicyclic) bond motifs is 1. The molecule has 1 fully saturated rings. The molecule has 0 radical (unpaired) electrons. The summed E-state index contributed by atoms with van der Waals surface area (Å²) in [4.78, 5) is 33.1. The van der Waals surface area contributed by atoms with Crippen molar-refractivity contribution in [3.63, 3.8) is 0 Å². The molecule has 6 nitrogen and oxygen atoms in total. The van der Waals surface area contributed by atoms with Gasteiger partial charge < -0.3 is 10.0 Å². The standard InChI is InChI=1S/C17H20F3N3O3/c1-9-21-13-5-4-10(7-12(13)14(22-9)17(18,19)20)15(24)23-6-2-3-11(8-23)16(25)26/h10-11H,2-8H2,1H3,(H,25,26)/t10-,11-/m0/s1. The molecule has 1 aromatic rings. The molecule has 1 aliphatic heterocycles. The predicted molar refractivity (Wildman–Crippen MR) is 84.2 cm³/mol. The van der Waals surface area contributed by atoms with Crippen LogP contribution in [0, 0.1) is 18.8 Å². The fourth-order valence-corrected chi connectivity index (χ4v) is 3.82. The van der Waals surface area contributed by atoms with Gasteiger partial charge in [0.15, 0.2) is 5.69 Å². The summed E-state index contributed by atoms with van der Waals surface area (Å²) in [5.74, 6) is -2.35. The van der Waals surface area contributed by atoms with Crippen molar-refractivity contribution < 1.29 is 27.9 Å². The zero-order valence-corrected chi connectivity index (χ0v) is 14.3. The van der Waals surface area contributed by atoms with Gasteiger partial charge in [-0.25, -0.2) is 9.97 Å². The zero-order chi connectivity index (χ0) is 19.1. The number of aromatic nitrogens is 2. The lowest BCUT2D eigenvalue weighted by atomic mass is 9.84. The summed E-state index contributed by atoms with van der Waals surface area (Å²) in [6.07, 6.45) is -2.86. The lowest BCUT2D eigenvalue weighted by molar-refractivity contribution is -0.148. The maximum atomic E-state index is 13.3. The van der Waals surface area contributed by atoms with Crippen molar-refractivity contribution in [2.24, 2.45) is 11.8 Å². The van der Waals surface area contributed by atoms with Crippen LogP contribution in [0.3, 0.4) is 0 Å². The normalized spacial score (nSPS) is 23.5. The highest BCUT2D eigenvalue weighted by Gasteiger charge is 2.41. The molecule has 0 spiro atoms. The number of aliphatic carboxylic acids is 1. The number of carbonyl (C=O) groups is 2. The van der Waals surface area contributed by atoms with E-state index in [1.807, 2.05) is 0 Å². The van der Waals surface area contributed by atoms with Crippen LogP contribution >= 0.6 is 0 Å². The molecular weight excluding hydrogens is 351 g/mol. The second-order valence-corrected chi connectivity index (χ2v) is 6.94. The van der Waals surface area contributed by atoms with Crippen LogP contribution in [0.15, 0.2) is 0 Å². The van der Waals surface area contributed by atoms with Crippen molar-refractivity contribution >= 4 is 11.9 Å². The first-order chi connectivity index (χ1) is 12.2. The summed E-state index contributed by atoms with van der Waals surface area (Å²) in [6, 6.07) is 0. The first-order valence-electron chi connectivity index (χ1n) is 8.62. The quantitative estimate of drug-likeness (QED) is 0.862. The Morgan fingerprint density at radius 3 is 2.58 bits per heavy atom. The number of hydrogen-bond donors (Lipinski definition) is 1. The topological polar surface area (TPSA) is 83.4 Å². The van der Waals surface area contributed by atoms with Crippen molar-refractivity contribution in [3.05, 3.63) is 22.8 Å². The number of piperidine rings is 1. The number of likely N-dealkylation sites (tertiary alicyclic amines) is 1. The van der Waals surface area contributed by atoms with E-state index >= 15 is 0 Å². The molecule has 2 aliphatic rings. The smallest absolute Gasteiger partial charge is 0.433 e. The van der Waals surface area contributed by atoms with E-state index in [0.29, 0.717) is 31.5 Å². The van der Waals surface area contributed by atoms with Crippen molar-refractivity contribution in [1.82, 2.24) is 14.9 Å². The fraction of sp³-hybridized carbons (Fsp3) is 0.647. The lowest BCUT2D eigenvalue weighted by Gasteiger charge is -2.35. The molecule has 0 unspecified atom stereocenters. The molecule has 1 N–H and O–H groups in total. The lowest BCUT2D eigenvalue weighted by Crippen LogP contribution is -2.46. The molecule has 1 aromatic heterocycles. The summed E-state index contributed by atoms with van der Waals surface area (Å²) in [5.41, 5.74) is -0.602. The van der Waals surface area contributed by atoms with E-state index in [1.165, 1.54) is 11.8 Å². The number of amides is 1. The Morgan fingerprint density at radius 2 is 1.92 bits per heavy atom. The molecule has 1 saturated heterocycles. The Morgan fingerprint density at radius 1 is 1.19 bits per heavy atom. The van der Waals surface area contributed by atoms with Crippen LogP contribution in [0.25, 0.3) is 0 Å². The minimum atomic E-state index is -4.59. The Kier molecular flexibility index (Phi) is 4.90. The van der Waals surface area contributed by atoms with E-state index in [2.05, 4.69) is 9.97 Å². The van der Waals surface area contributed by atoms with Gasteiger partial charge >= 0.3 is 12.1 Å². The van der Waals surface area contributed by atoms with Gasteiger partial charge in [-0.15, -0.1) is 0 Å². The SMILES string of the molecule is Cc1nc2c(c(C(F)(F)F)n1)C[C@@H](C(=O)N1CCC[C@H](C(=O)O)C1)CC2. The number of nitrogens with zero attached hydrogens (tertiary/aromatic N) is 3. The van der Waals surface area contributed by atoms with Gasteiger partial charge in [0.05, 0.1) is 5.92 Å². The van der Waals surface area contributed by atoms with E-state index in [4.69, 9.17) is 5.11 Å². The minimum Gasteiger partial charge on any atom is -0.481 e. The molecule has 1 amide bonds. The molecular formula is C17H20F3N3O3. The molecule has 9 heteroatoms. The number of rotatable bonds is 2. The molecule has 0 saturated carbocycles. The fourth-order valence-electron chi connectivity index (χ4n) is 3.82. The van der Waals surface area contributed by atoms with E-state index in [-0.39, 0.29) is 36.7 Å². The molecule has 2 heterocycles. The van der Waals surface area contributed by atoms with Crippen LogP contribution in [0.5, 0.6) is 0 Å². The van der Waals surface area contributed by atoms with Gasteiger partial charge in [0.1, 0.15) is 5.82 Å². The van der Waals surface area contributed by atoms with Gasteiger partial charge in [-0.3, -0.25) is 9.59 Å². The van der Waals surface area contributed by atoms with Crippen LogP contribution in [-0.4, -0.2) is 44.9 Å². The number of alkyl halides is 3. The molecule has 3 rings (SSSR count). The minimum absolute atomic E-state index is 0.000469. The van der Waals surface area contributed by atoms with Crippen molar-refractivity contribution in [1.29, 1.82) is 0 Å². The van der Waals surface area contributed by atoms with E-state index in [0.717, 1.165) is 0 Å². The molecule has 2 atom stereocenters. The number of halogens is 3. The average Bonchev–Trinajstić information content (AvgIpc) is 2.59. The van der Waals surface area contributed by atoms with Gasteiger partial charge in [0, 0.05) is 30.3 Å². The van der Waals surface area contributed by atoms with Gasteiger partial charge in [0.2, 0.25) is 5.91 Å².